The van der Waals surface area contributed by atoms with Crippen LogP contribution in [0.2, 0.25) is 0 Å². The number of benzene rings is 1. The summed E-state index contributed by atoms with van der Waals surface area (Å²) in [5, 5.41) is 0. The van der Waals surface area contributed by atoms with E-state index in [9.17, 15) is 14.4 Å². The van der Waals surface area contributed by atoms with E-state index in [1.165, 1.54) is 0 Å². The van der Waals surface area contributed by atoms with Gasteiger partial charge in [-0.05, 0) is 49.8 Å². The predicted molar refractivity (Wildman–Crippen MR) is 121 cm³/mol. The predicted octanol–water partition coefficient (Wildman–Crippen LogP) is 2.83. The number of rotatable bonds is 4. The molecule has 4 rings (SSSR count). The molecule has 0 spiro atoms. The summed E-state index contributed by atoms with van der Waals surface area (Å²) >= 11 is 0. The van der Waals surface area contributed by atoms with Gasteiger partial charge in [0.05, 0.1) is 19.2 Å². The molecule has 3 fully saturated rings. The summed E-state index contributed by atoms with van der Waals surface area (Å²) in [4.78, 5) is 44.1. The number of carbonyl (C=O) groups is 3. The first-order chi connectivity index (χ1) is 15.5. The van der Waals surface area contributed by atoms with E-state index in [2.05, 4.69) is 4.90 Å². The highest BCUT2D eigenvalue weighted by atomic mass is 16.5. The number of nitrogens with zero attached hydrogens (tertiary/aromatic N) is 3. The topological polar surface area (TPSA) is 70.2 Å². The fourth-order valence-corrected chi connectivity index (χ4v) is 5.59. The van der Waals surface area contributed by atoms with E-state index in [0.717, 1.165) is 49.8 Å². The number of hydrogen-bond acceptors (Lipinski definition) is 4. The lowest BCUT2D eigenvalue weighted by molar-refractivity contribution is -0.143. The van der Waals surface area contributed by atoms with Crippen LogP contribution in [0, 0.1) is 5.92 Å². The molecule has 0 aliphatic carbocycles. The lowest BCUT2D eigenvalue weighted by Crippen LogP contribution is -2.51. The van der Waals surface area contributed by atoms with Gasteiger partial charge in [0.15, 0.2) is 0 Å². The molecule has 2 atom stereocenters. The van der Waals surface area contributed by atoms with Gasteiger partial charge in [-0.15, -0.1) is 0 Å². The maximum Gasteiger partial charge on any atom is 0.226 e. The van der Waals surface area contributed by atoms with Crippen molar-refractivity contribution in [3.8, 4) is 5.75 Å². The van der Waals surface area contributed by atoms with Gasteiger partial charge in [0.25, 0.3) is 0 Å². The summed E-state index contributed by atoms with van der Waals surface area (Å²) in [7, 11) is 1.65. The fourth-order valence-electron chi connectivity index (χ4n) is 5.59. The molecule has 0 radical (unpaired) electrons. The molecular weight excluding hydrogens is 406 g/mol. The number of amides is 3. The van der Waals surface area contributed by atoms with Gasteiger partial charge in [0.1, 0.15) is 5.75 Å². The summed E-state index contributed by atoms with van der Waals surface area (Å²) in [6.07, 6.45) is 5.70. The van der Waals surface area contributed by atoms with Gasteiger partial charge in [-0.25, -0.2) is 0 Å². The Balaban J connectivity index is 1.47. The Morgan fingerprint density at radius 1 is 0.969 bits per heavy atom. The van der Waals surface area contributed by atoms with Crippen LogP contribution in [0.5, 0.6) is 5.75 Å². The molecule has 3 heterocycles. The van der Waals surface area contributed by atoms with Gasteiger partial charge in [-0.2, -0.15) is 0 Å². The minimum Gasteiger partial charge on any atom is -0.497 e. The summed E-state index contributed by atoms with van der Waals surface area (Å²) < 4.78 is 5.26. The Labute approximate surface area is 190 Å². The van der Waals surface area contributed by atoms with Crippen molar-refractivity contribution in [1.29, 1.82) is 0 Å². The van der Waals surface area contributed by atoms with Crippen LogP contribution >= 0.6 is 0 Å². The van der Waals surface area contributed by atoms with Crippen LogP contribution in [0.25, 0.3) is 0 Å². The van der Waals surface area contributed by atoms with E-state index < -0.39 is 0 Å². The first-order valence-electron chi connectivity index (χ1n) is 12.0. The van der Waals surface area contributed by atoms with Gasteiger partial charge in [0.2, 0.25) is 17.7 Å². The molecule has 0 N–H and O–H groups in total. The molecule has 1 aromatic rings. The molecule has 0 bridgehead atoms. The monoisotopic (exact) mass is 441 g/mol. The second-order valence-electron chi connectivity index (χ2n) is 9.35. The average Bonchev–Trinajstić information content (AvgIpc) is 3.22. The zero-order chi connectivity index (χ0) is 22.7. The fraction of sp³-hybridized carbons (Fsp3) is 0.640. The third kappa shape index (κ3) is 4.76. The Morgan fingerprint density at radius 2 is 1.69 bits per heavy atom. The number of fused-ring (bicyclic) bond motifs is 1. The van der Waals surface area contributed by atoms with Crippen LogP contribution in [0.3, 0.4) is 0 Å². The standard InChI is InChI=1S/C25H35N3O4/c1-18(29)26-14-11-20(12-15-26)25(31)27-16-13-23-22(27)5-3-4-6-24(30)28(23)17-19-7-9-21(32-2)10-8-19/h7-10,20,22-23H,3-6,11-17H2,1-2H3/t22-,23+/m1/s1. The molecule has 0 aromatic heterocycles. The zero-order valence-electron chi connectivity index (χ0n) is 19.3. The maximum absolute atomic E-state index is 13.5. The third-order valence-corrected chi connectivity index (χ3v) is 7.46. The SMILES string of the molecule is COc1ccc(CN2C(=O)CCCC[C@@H]3[C@@H]2CCN3C(=O)C2CCN(C(C)=O)CC2)cc1. The number of likely N-dealkylation sites (tertiary alicyclic amines) is 3. The molecular formula is C25H35N3O4. The normalized spacial score (nSPS) is 24.7. The highest BCUT2D eigenvalue weighted by Gasteiger charge is 2.44. The van der Waals surface area contributed by atoms with E-state index in [4.69, 9.17) is 4.74 Å². The van der Waals surface area contributed by atoms with Gasteiger partial charge in [0, 0.05) is 45.4 Å². The molecule has 3 aliphatic heterocycles. The first kappa shape index (κ1) is 22.6. The molecule has 3 saturated heterocycles. The van der Waals surface area contributed by atoms with Crippen LogP contribution in [-0.4, -0.2) is 71.2 Å². The van der Waals surface area contributed by atoms with Crippen molar-refractivity contribution in [3.63, 3.8) is 0 Å². The smallest absolute Gasteiger partial charge is 0.226 e. The van der Waals surface area contributed by atoms with Gasteiger partial charge in [-0.3, -0.25) is 14.4 Å². The van der Waals surface area contributed by atoms with Crippen molar-refractivity contribution in [2.24, 2.45) is 5.92 Å². The third-order valence-electron chi connectivity index (χ3n) is 7.46. The molecule has 0 unspecified atom stereocenters. The van der Waals surface area contributed by atoms with E-state index in [-0.39, 0.29) is 35.7 Å². The highest BCUT2D eigenvalue weighted by molar-refractivity contribution is 5.81. The van der Waals surface area contributed by atoms with Gasteiger partial charge >= 0.3 is 0 Å². The van der Waals surface area contributed by atoms with Crippen LogP contribution in [0.1, 0.15) is 57.4 Å². The Morgan fingerprint density at radius 3 is 2.34 bits per heavy atom. The largest absolute Gasteiger partial charge is 0.497 e. The minimum atomic E-state index is -0.0134. The molecule has 7 nitrogen and oxygen atoms in total. The molecule has 0 saturated carbocycles. The molecule has 1 aromatic carbocycles. The lowest BCUT2D eigenvalue weighted by atomic mass is 9.93. The maximum atomic E-state index is 13.5. The zero-order valence-corrected chi connectivity index (χ0v) is 19.3. The summed E-state index contributed by atoms with van der Waals surface area (Å²) in [6, 6.07) is 8.06. The van der Waals surface area contributed by atoms with Gasteiger partial charge in [-0.1, -0.05) is 18.6 Å². The minimum absolute atomic E-state index is 0.0134. The number of methoxy groups -OCH3 is 1. The number of piperidine rings is 1. The van der Waals surface area contributed by atoms with Crippen LogP contribution in [0.15, 0.2) is 24.3 Å². The van der Waals surface area contributed by atoms with Crippen molar-refractivity contribution >= 4 is 17.7 Å². The Kier molecular flexibility index (Phi) is 7.01. The van der Waals surface area contributed by atoms with Crippen LogP contribution < -0.4 is 4.74 Å². The Bertz CT molecular complexity index is 832. The average molecular weight is 442 g/mol. The van der Waals surface area contributed by atoms with Crippen LogP contribution in [-0.2, 0) is 20.9 Å². The van der Waals surface area contributed by atoms with Crippen LogP contribution in [0.4, 0.5) is 0 Å². The van der Waals surface area contributed by atoms with Crippen molar-refractivity contribution in [3.05, 3.63) is 29.8 Å². The van der Waals surface area contributed by atoms with Gasteiger partial charge < -0.3 is 19.4 Å². The van der Waals surface area contributed by atoms with E-state index in [1.54, 1.807) is 14.0 Å². The first-order valence-corrected chi connectivity index (χ1v) is 12.0. The van der Waals surface area contributed by atoms with Crippen molar-refractivity contribution < 1.29 is 19.1 Å². The molecule has 32 heavy (non-hydrogen) atoms. The molecule has 7 heteroatoms. The summed E-state index contributed by atoms with van der Waals surface area (Å²) in [5.74, 6) is 1.29. The lowest BCUT2D eigenvalue weighted by Gasteiger charge is -2.39. The van der Waals surface area contributed by atoms with E-state index >= 15 is 0 Å². The van der Waals surface area contributed by atoms with E-state index in [0.29, 0.717) is 32.6 Å². The second-order valence-corrected chi connectivity index (χ2v) is 9.35. The highest BCUT2D eigenvalue weighted by Crippen LogP contribution is 2.33. The summed E-state index contributed by atoms with van der Waals surface area (Å²) in [5.41, 5.74) is 1.08. The second kappa shape index (κ2) is 9.92. The van der Waals surface area contributed by atoms with Crippen molar-refractivity contribution in [2.75, 3.05) is 26.7 Å². The molecule has 3 amide bonds. The number of hydrogen-bond donors (Lipinski definition) is 0. The number of ether oxygens (including phenoxy) is 1. The Hall–Kier alpha value is -2.57. The summed E-state index contributed by atoms with van der Waals surface area (Å²) in [6.45, 7) is 4.21. The molecule has 174 valence electrons. The van der Waals surface area contributed by atoms with Crippen molar-refractivity contribution in [1.82, 2.24) is 14.7 Å². The number of carbonyl (C=O) groups excluding carboxylic acids is 3. The van der Waals surface area contributed by atoms with Crippen molar-refractivity contribution in [2.45, 2.75) is 70.5 Å². The molecule has 3 aliphatic rings. The van der Waals surface area contributed by atoms with E-state index in [1.807, 2.05) is 34.1 Å². The quantitative estimate of drug-likeness (QED) is 0.721.